The molecule has 2 aromatic rings. The van der Waals surface area contributed by atoms with Gasteiger partial charge in [0, 0.05) is 5.56 Å². The van der Waals surface area contributed by atoms with Gasteiger partial charge in [-0.05, 0) is 30.7 Å². The molecule has 0 unspecified atom stereocenters. The average Bonchev–Trinajstić information content (AvgIpc) is 2.30. The minimum atomic E-state index is 0.711. The summed E-state index contributed by atoms with van der Waals surface area (Å²) < 4.78 is 5.12. The summed E-state index contributed by atoms with van der Waals surface area (Å²) in [5, 5.41) is 0.711. The number of halogens is 1. The van der Waals surface area contributed by atoms with E-state index < -0.39 is 0 Å². The second kappa shape index (κ2) is 4.58. The lowest BCUT2D eigenvalue weighted by Crippen LogP contribution is -1.84. The molecule has 2 rings (SSSR count). The highest BCUT2D eigenvalue weighted by molar-refractivity contribution is 6.33. The van der Waals surface area contributed by atoms with Crippen LogP contribution in [0.3, 0.4) is 0 Å². The molecule has 0 aliphatic rings. The molecule has 0 atom stereocenters. The van der Waals surface area contributed by atoms with Crippen LogP contribution in [0.25, 0.3) is 11.1 Å². The van der Waals surface area contributed by atoms with Gasteiger partial charge in [0.25, 0.3) is 0 Å². The molecule has 0 aliphatic carbocycles. The Morgan fingerprint density at radius 1 is 1.00 bits per heavy atom. The molecule has 2 aromatic carbocycles. The summed E-state index contributed by atoms with van der Waals surface area (Å²) in [5.74, 6) is 0.779. The first-order valence-electron chi connectivity index (χ1n) is 5.11. The summed E-state index contributed by atoms with van der Waals surface area (Å²) in [4.78, 5) is 0. The predicted molar refractivity (Wildman–Crippen MR) is 68.2 cm³/mol. The van der Waals surface area contributed by atoms with E-state index in [2.05, 4.69) is 31.2 Å². The third-order valence-electron chi connectivity index (χ3n) is 2.54. The van der Waals surface area contributed by atoms with Gasteiger partial charge in [0.1, 0.15) is 5.75 Å². The highest BCUT2D eigenvalue weighted by Crippen LogP contribution is 2.31. The van der Waals surface area contributed by atoms with Crippen molar-refractivity contribution in [3.8, 4) is 16.9 Å². The van der Waals surface area contributed by atoms with Crippen LogP contribution < -0.4 is 4.74 Å². The maximum Gasteiger partial charge on any atom is 0.120 e. The summed E-state index contributed by atoms with van der Waals surface area (Å²) in [7, 11) is 1.64. The molecule has 0 saturated heterocycles. The maximum atomic E-state index is 6.20. The van der Waals surface area contributed by atoms with Crippen LogP contribution in [0.1, 0.15) is 5.56 Å². The van der Waals surface area contributed by atoms with Crippen molar-refractivity contribution in [1.82, 2.24) is 0 Å². The average molecular weight is 233 g/mol. The molecule has 0 aromatic heterocycles. The molecular weight excluding hydrogens is 220 g/mol. The fourth-order valence-electron chi connectivity index (χ4n) is 1.59. The molecular formula is C14H13ClO. The number of aryl methyl sites for hydroxylation is 1. The van der Waals surface area contributed by atoms with E-state index >= 15 is 0 Å². The van der Waals surface area contributed by atoms with E-state index in [-0.39, 0.29) is 0 Å². The SMILES string of the molecule is COc1ccc(-c2ccc(C)cc2)c(Cl)c1. The van der Waals surface area contributed by atoms with Crippen LogP contribution in [0.4, 0.5) is 0 Å². The summed E-state index contributed by atoms with van der Waals surface area (Å²) in [6.07, 6.45) is 0. The highest BCUT2D eigenvalue weighted by Gasteiger charge is 2.04. The fraction of sp³-hybridized carbons (Fsp3) is 0.143. The maximum absolute atomic E-state index is 6.20. The predicted octanol–water partition coefficient (Wildman–Crippen LogP) is 4.32. The van der Waals surface area contributed by atoms with E-state index in [0.717, 1.165) is 16.9 Å². The second-order valence-corrected chi connectivity index (χ2v) is 4.12. The minimum absolute atomic E-state index is 0.711. The van der Waals surface area contributed by atoms with Gasteiger partial charge in [-0.1, -0.05) is 41.4 Å². The van der Waals surface area contributed by atoms with Crippen molar-refractivity contribution in [2.24, 2.45) is 0 Å². The number of methoxy groups -OCH3 is 1. The Kier molecular flexibility index (Phi) is 3.16. The summed E-state index contributed by atoms with van der Waals surface area (Å²) in [6, 6.07) is 14.0. The number of hydrogen-bond acceptors (Lipinski definition) is 1. The summed E-state index contributed by atoms with van der Waals surface area (Å²) in [6.45, 7) is 2.07. The number of ether oxygens (including phenoxy) is 1. The van der Waals surface area contributed by atoms with Gasteiger partial charge in [-0.25, -0.2) is 0 Å². The molecule has 0 heterocycles. The zero-order valence-electron chi connectivity index (χ0n) is 9.33. The Labute approximate surface area is 101 Å². The normalized spacial score (nSPS) is 10.2. The van der Waals surface area contributed by atoms with E-state index in [1.54, 1.807) is 7.11 Å². The third kappa shape index (κ3) is 2.20. The first-order chi connectivity index (χ1) is 7.70. The Bertz CT molecular complexity index is 489. The smallest absolute Gasteiger partial charge is 0.120 e. The molecule has 0 N–H and O–H groups in total. The molecule has 16 heavy (non-hydrogen) atoms. The van der Waals surface area contributed by atoms with Gasteiger partial charge in [0.2, 0.25) is 0 Å². The quantitative estimate of drug-likeness (QED) is 0.749. The van der Waals surface area contributed by atoms with Crippen molar-refractivity contribution >= 4 is 11.6 Å². The molecule has 0 spiro atoms. The van der Waals surface area contributed by atoms with Gasteiger partial charge in [-0.3, -0.25) is 0 Å². The van der Waals surface area contributed by atoms with Crippen LogP contribution in [0, 0.1) is 6.92 Å². The van der Waals surface area contributed by atoms with Crippen LogP contribution in [0.15, 0.2) is 42.5 Å². The van der Waals surface area contributed by atoms with Crippen molar-refractivity contribution < 1.29 is 4.74 Å². The van der Waals surface area contributed by atoms with Crippen LogP contribution >= 0.6 is 11.6 Å². The lowest BCUT2D eigenvalue weighted by Gasteiger charge is -2.07. The van der Waals surface area contributed by atoms with Crippen molar-refractivity contribution in [3.63, 3.8) is 0 Å². The van der Waals surface area contributed by atoms with Gasteiger partial charge < -0.3 is 4.74 Å². The minimum Gasteiger partial charge on any atom is -0.497 e. The van der Waals surface area contributed by atoms with Gasteiger partial charge in [0.15, 0.2) is 0 Å². The van der Waals surface area contributed by atoms with E-state index in [1.165, 1.54) is 5.56 Å². The largest absolute Gasteiger partial charge is 0.497 e. The Morgan fingerprint density at radius 2 is 1.69 bits per heavy atom. The lowest BCUT2D eigenvalue weighted by atomic mass is 10.0. The topological polar surface area (TPSA) is 9.23 Å². The molecule has 0 aliphatic heterocycles. The first kappa shape index (κ1) is 11.0. The van der Waals surface area contributed by atoms with Crippen molar-refractivity contribution in [1.29, 1.82) is 0 Å². The highest BCUT2D eigenvalue weighted by atomic mass is 35.5. The van der Waals surface area contributed by atoms with Gasteiger partial charge >= 0.3 is 0 Å². The van der Waals surface area contributed by atoms with E-state index in [0.29, 0.717) is 5.02 Å². The summed E-state index contributed by atoms with van der Waals surface area (Å²) >= 11 is 6.20. The Hall–Kier alpha value is -1.47. The number of benzene rings is 2. The van der Waals surface area contributed by atoms with Gasteiger partial charge in [0.05, 0.1) is 12.1 Å². The zero-order chi connectivity index (χ0) is 11.5. The molecule has 0 radical (unpaired) electrons. The number of rotatable bonds is 2. The van der Waals surface area contributed by atoms with Crippen molar-refractivity contribution in [3.05, 3.63) is 53.1 Å². The van der Waals surface area contributed by atoms with E-state index in [1.807, 2.05) is 18.2 Å². The monoisotopic (exact) mass is 232 g/mol. The molecule has 82 valence electrons. The first-order valence-corrected chi connectivity index (χ1v) is 5.49. The lowest BCUT2D eigenvalue weighted by molar-refractivity contribution is 0.415. The van der Waals surface area contributed by atoms with Crippen LogP contribution in [-0.2, 0) is 0 Å². The fourth-order valence-corrected chi connectivity index (χ4v) is 1.87. The van der Waals surface area contributed by atoms with Crippen LogP contribution in [0.5, 0.6) is 5.75 Å². The molecule has 0 amide bonds. The molecule has 0 fully saturated rings. The molecule has 1 nitrogen and oxygen atoms in total. The third-order valence-corrected chi connectivity index (χ3v) is 2.85. The van der Waals surface area contributed by atoms with Crippen LogP contribution in [-0.4, -0.2) is 7.11 Å². The Balaban J connectivity index is 2.44. The van der Waals surface area contributed by atoms with E-state index in [9.17, 15) is 0 Å². The van der Waals surface area contributed by atoms with Gasteiger partial charge in [-0.2, -0.15) is 0 Å². The van der Waals surface area contributed by atoms with Crippen LogP contribution in [0.2, 0.25) is 5.02 Å². The van der Waals surface area contributed by atoms with E-state index in [4.69, 9.17) is 16.3 Å². The Morgan fingerprint density at radius 3 is 2.25 bits per heavy atom. The number of hydrogen-bond donors (Lipinski definition) is 0. The standard InChI is InChI=1S/C14H13ClO/c1-10-3-5-11(6-4-10)13-8-7-12(16-2)9-14(13)15/h3-9H,1-2H3. The molecule has 0 bridgehead atoms. The zero-order valence-corrected chi connectivity index (χ0v) is 10.1. The van der Waals surface area contributed by atoms with Crippen molar-refractivity contribution in [2.75, 3.05) is 7.11 Å². The van der Waals surface area contributed by atoms with Gasteiger partial charge in [-0.15, -0.1) is 0 Å². The van der Waals surface area contributed by atoms with Crippen molar-refractivity contribution in [2.45, 2.75) is 6.92 Å². The molecule has 0 saturated carbocycles. The molecule has 2 heteroatoms. The summed E-state index contributed by atoms with van der Waals surface area (Å²) in [5.41, 5.74) is 3.40. The second-order valence-electron chi connectivity index (χ2n) is 3.71.